The Hall–Kier alpha value is -3.60. The van der Waals surface area contributed by atoms with E-state index in [1.165, 1.54) is 0 Å². The Balaban J connectivity index is 1.67. The standard InChI is InChI=1S/C23H22N2O3/c1-16-12-13-19(14-17(16)2)24-22(26)20-10-6-7-11-21(20)25-23(27)28-15-18-8-4-3-5-9-18/h3-14H,15H2,1-2H3,(H,24,26)(H,25,27). The highest BCUT2D eigenvalue weighted by atomic mass is 16.5. The molecule has 28 heavy (non-hydrogen) atoms. The van der Waals surface area contributed by atoms with Crippen molar-refractivity contribution < 1.29 is 14.3 Å². The van der Waals surface area contributed by atoms with E-state index in [2.05, 4.69) is 10.6 Å². The molecular weight excluding hydrogens is 352 g/mol. The molecule has 0 unspecified atom stereocenters. The van der Waals surface area contributed by atoms with Crippen molar-refractivity contribution in [2.24, 2.45) is 0 Å². The molecule has 0 spiro atoms. The number of hydrogen-bond donors (Lipinski definition) is 2. The largest absolute Gasteiger partial charge is 0.444 e. The van der Waals surface area contributed by atoms with Gasteiger partial charge < -0.3 is 10.1 Å². The van der Waals surface area contributed by atoms with Gasteiger partial charge in [0.25, 0.3) is 5.91 Å². The fraction of sp³-hybridized carbons (Fsp3) is 0.130. The van der Waals surface area contributed by atoms with E-state index in [0.29, 0.717) is 16.9 Å². The molecule has 0 atom stereocenters. The Labute approximate surface area is 164 Å². The number of hydrogen-bond acceptors (Lipinski definition) is 3. The third-order valence-corrected chi connectivity index (χ3v) is 4.39. The SMILES string of the molecule is Cc1ccc(NC(=O)c2ccccc2NC(=O)OCc2ccccc2)cc1C. The zero-order valence-corrected chi connectivity index (χ0v) is 15.9. The summed E-state index contributed by atoms with van der Waals surface area (Å²) >= 11 is 0. The van der Waals surface area contributed by atoms with E-state index < -0.39 is 6.09 Å². The first kappa shape index (κ1) is 19.2. The highest BCUT2D eigenvalue weighted by molar-refractivity contribution is 6.09. The molecule has 0 radical (unpaired) electrons. The van der Waals surface area contributed by atoms with E-state index in [1.807, 2.05) is 62.4 Å². The number of para-hydroxylation sites is 1. The molecule has 2 amide bonds. The molecule has 0 aliphatic heterocycles. The van der Waals surface area contributed by atoms with Crippen molar-refractivity contribution in [3.63, 3.8) is 0 Å². The van der Waals surface area contributed by atoms with Crippen LogP contribution in [0, 0.1) is 13.8 Å². The predicted octanol–water partition coefficient (Wildman–Crippen LogP) is 5.30. The minimum Gasteiger partial charge on any atom is -0.444 e. The van der Waals surface area contributed by atoms with Crippen LogP contribution in [0.2, 0.25) is 0 Å². The summed E-state index contributed by atoms with van der Waals surface area (Å²) in [7, 11) is 0. The minimum absolute atomic E-state index is 0.156. The molecule has 142 valence electrons. The molecule has 3 aromatic rings. The first-order valence-corrected chi connectivity index (χ1v) is 8.98. The minimum atomic E-state index is -0.615. The zero-order chi connectivity index (χ0) is 19.9. The van der Waals surface area contributed by atoms with Gasteiger partial charge in [-0.05, 0) is 54.8 Å². The van der Waals surface area contributed by atoms with Crippen LogP contribution in [0.3, 0.4) is 0 Å². The van der Waals surface area contributed by atoms with Gasteiger partial charge in [-0.25, -0.2) is 4.79 Å². The third-order valence-electron chi connectivity index (χ3n) is 4.39. The number of carbonyl (C=O) groups excluding carboxylic acids is 2. The topological polar surface area (TPSA) is 67.4 Å². The van der Waals surface area contributed by atoms with E-state index in [4.69, 9.17) is 4.74 Å². The maximum Gasteiger partial charge on any atom is 0.411 e. The second kappa shape index (κ2) is 8.86. The van der Waals surface area contributed by atoms with Crippen LogP contribution in [0.15, 0.2) is 72.8 Å². The summed E-state index contributed by atoms with van der Waals surface area (Å²) in [6.07, 6.45) is -0.615. The van der Waals surface area contributed by atoms with Gasteiger partial charge in [0.2, 0.25) is 0 Å². The third kappa shape index (κ3) is 4.98. The molecule has 0 aliphatic rings. The smallest absolute Gasteiger partial charge is 0.411 e. The summed E-state index contributed by atoms with van der Waals surface area (Å²) in [6.45, 7) is 4.16. The molecule has 5 nitrogen and oxygen atoms in total. The summed E-state index contributed by atoms with van der Waals surface area (Å²) in [5.41, 5.74) is 4.59. The van der Waals surface area contributed by atoms with Gasteiger partial charge in [0.15, 0.2) is 0 Å². The van der Waals surface area contributed by atoms with Gasteiger partial charge in [0.05, 0.1) is 11.3 Å². The lowest BCUT2D eigenvalue weighted by Crippen LogP contribution is -2.19. The van der Waals surface area contributed by atoms with Crippen molar-refractivity contribution in [1.29, 1.82) is 0 Å². The highest BCUT2D eigenvalue weighted by Crippen LogP contribution is 2.19. The monoisotopic (exact) mass is 374 g/mol. The van der Waals surface area contributed by atoms with Crippen LogP contribution in [0.4, 0.5) is 16.2 Å². The number of nitrogens with one attached hydrogen (secondary N) is 2. The van der Waals surface area contributed by atoms with Crippen LogP contribution >= 0.6 is 0 Å². The van der Waals surface area contributed by atoms with Crippen molar-refractivity contribution in [2.45, 2.75) is 20.5 Å². The predicted molar refractivity (Wildman–Crippen MR) is 111 cm³/mol. The number of carbonyl (C=O) groups is 2. The molecule has 0 saturated carbocycles. The number of benzene rings is 3. The van der Waals surface area contributed by atoms with Gasteiger partial charge in [-0.1, -0.05) is 48.5 Å². The molecular formula is C23H22N2O3. The number of amides is 2. The average molecular weight is 374 g/mol. The maximum atomic E-state index is 12.7. The number of rotatable bonds is 5. The second-order valence-electron chi connectivity index (χ2n) is 6.49. The number of anilines is 2. The molecule has 0 bridgehead atoms. The average Bonchev–Trinajstić information content (AvgIpc) is 2.70. The highest BCUT2D eigenvalue weighted by Gasteiger charge is 2.14. The molecule has 0 saturated heterocycles. The van der Waals surface area contributed by atoms with Crippen molar-refractivity contribution in [3.8, 4) is 0 Å². The molecule has 3 rings (SSSR count). The molecule has 0 fully saturated rings. The summed E-state index contributed by atoms with van der Waals surface area (Å²) < 4.78 is 5.23. The summed E-state index contributed by atoms with van der Waals surface area (Å²) in [6, 6.07) is 21.9. The van der Waals surface area contributed by atoms with Crippen LogP contribution in [0.25, 0.3) is 0 Å². The number of aryl methyl sites for hydroxylation is 2. The molecule has 5 heteroatoms. The summed E-state index contributed by atoms with van der Waals surface area (Å²) in [5.74, 6) is -0.304. The van der Waals surface area contributed by atoms with E-state index in [9.17, 15) is 9.59 Å². The lowest BCUT2D eigenvalue weighted by molar-refractivity contribution is 0.102. The van der Waals surface area contributed by atoms with Gasteiger partial charge in [0, 0.05) is 5.69 Å². The second-order valence-corrected chi connectivity index (χ2v) is 6.49. The molecule has 3 aromatic carbocycles. The molecule has 0 aromatic heterocycles. The molecule has 0 heterocycles. The van der Waals surface area contributed by atoms with Gasteiger partial charge in [-0.2, -0.15) is 0 Å². The zero-order valence-electron chi connectivity index (χ0n) is 15.9. The van der Waals surface area contributed by atoms with Crippen molar-refractivity contribution in [2.75, 3.05) is 10.6 Å². The summed E-state index contributed by atoms with van der Waals surface area (Å²) in [4.78, 5) is 24.8. The van der Waals surface area contributed by atoms with E-state index in [-0.39, 0.29) is 12.5 Å². The Morgan fingerprint density at radius 1 is 0.821 bits per heavy atom. The van der Waals surface area contributed by atoms with Gasteiger partial charge in [-0.15, -0.1) is 0 Å². The van der Waals surface area contributed by atoms with E-state index in [0.717, 1.165) is 16.7 Å². The van der Waals surface area contributed by atoms with Crippen LogP contribution in [-0.2, 0) is 11.3 Å². The summed E-state index contributed by atoms with van der Waals surface area (Å²) in [5, 5.41) is 5.51. The first-order valence-electron chi connectivity index (χ1n) is 8.98. The Morgan fingerprint density at radius 2 is 1.54 bits per heavy atom. The van der Waals surface area contributed by atoms with Gasteiger partial charge in [-0.3, -0.25) is 10.1 Å². The maximum absolute atomic E-state index is 12.7. The quantitative estimate of drug-likeness (QED) is 0.636. The molecule has 0 aliphatic carbocycles. The van der Waals surface area contributed by atoms with Crippen LogP contribution in [0.1, 0.15) is 27.0 Å². The van der Waals surface area contributed by atoms with Gasteiger partial charge in [0.1, 0.15) is 6.61 Å². The lowest BCUT2D eigenvalue weighted by atomic mass is 10.1. The Morgan fingerprint density at radius 3 is 2.29 bits per heavy atom. The van der Waals surface area contributed by atoms with Crippen LogP contribution in [0.5, 0.6) is 0 Å². The Kier molecular flexibility index (Phi) is 6.07. The van der Waals surface area contributed by atoms with Crippen LogP contribution < -0.4 is 10.6 Å². The van der Waals surface area contributed by atoms with Crippen LogP contribution in [-0.4, -0.2) is 12.0 Å². The van der Waals surface area contributed by atoms with Crippen molar-refractivity contribution in [1.82, 2.24) is 0 Å². The van der Waals surface area contributed by atoms with Crippen molar-refractivity contribution >= 4 is 23.4 Å². The first-order chi connectivity index (χ1) is 13.5. The fourth-order valence-corrected chi connectivity index (χ4v) is 2.68. The Bertz CT molecular complexity index is 984. The van der Waals surface area contributed by atoms with E-state index in [1.54, 1.807) is 24.3 Å². The van der Waals surface area contributed by atoms with Crippen molar-refractivity contribution in [3.05, 3.63) is 95.1 Å². The van der Waals surface area contributed by atoms with E-state index >= 15 is 0 Å². The fourth-order valence-electron chi connectivity index (χ4n) is 2.68. The molecule has 2 N–H and O–H groups in total. The van der Waals surface area contributed by atoms with Gasteiger partial charge >= 0.3 is 6.09 Å². The lowest BCUT2D eigenvalue weighted by Gasteiger charge is -2.12. The number of ether oxygens (including phenoxy) is 1. The normalized spacial score (nSPS) is 10.2.